The number of aliphatic hydroxyl groups is 1. The summed E-state index contributed by atoms with van der Waals surface area (Å²) in [5.41, 5.74) is -0.213. The van der Waals surface area contributed by atoms with E-state index in [1.54, 1.807) is 6.20 Å². The van der Waals surface area contributed by atoms with Gasteiger partial charge in [-0.05, 0) is 46.1 Å². The zero-order valence-electron chi connectivity index (χ0n) is 13.5. The van der Waals surface area contributed by atoms with Crippen LogP contribution in [-0.4, -0.2) is 50.5 Å². The topological polar surface area (TPSA) is 78.5 Å². The highest BCUT2D eigenvalue weighted by molar-refractivity contribution is 5.82. The molecule has 2 saturated heterocycles. The van der Waals surface area contributed by atoms with Crippen molar-refractivity contribution in [1.29, 1.82) is 0 Å². The van der Waals surface area contributed by atoms with E-state index < -0.39 is 11.1 Å². The Bertz CT molecular complexity index is 537. The first-order chi connectivity index (χ1) is 10.4. The van der Waals surface area contributed by atoms with Gasteiger partial charge in [-0.2, -0.15) is 5.10 Å². The molecule has 1 aromatic heterocycles. The first-order valence-corrected chi connectivity index (χ1v) is 7.98. The third-order valence-electron chi connectivity index (χ3n) is 4.76. The Morgan fingerprint density at radius 3 is 2.95 bits per heavy atom. The molecule has 0 saturated carbocycles. The second-order valence-electron chi connectivity index (χ2n) is 7.42. The molecule has 0 unspecified atom stereocenters. The number of carbonyl (C=O) groups excluding carboxylic acids is 1. The van der Waals surface area contributed by atoms with Crippen LogP contribution in [0.4, 0.5) is 0 Å². The summed E-state index contributed by atoms with van der Waals surface area (Å²) in [5.74, 6) is -0.148. The first-order valence-electron chi connectivity index (χ1n) is 7.98. The van der Waals surface area contributed by atoms with Crippen molar-refractivity contribution >= 4 is 5.97 Å². The van der Waals surface area contributed by atoms with Crippen LogP contribution >= 0.6 is 0 Å². The van der Waals surface area contributed by atoms with Gasteiger partial charge in [-0.25, -0.2) is 0 Å². The average molecular weight is 307 g/mol. The molecule has 0 radical (unpaired) electrons. The van der Waals surface area contributed by atoms with Crippen molar-refractivity contribution in [1.82, 2.24) is 15.1 Å². The number of carbonyl (C=O) groups is 1. The number of hydrogen-bond donors (Lipinski definition) is 2. The number of nitrogens with one attached hydrogen (secondary N) is 1. The number of rotatable bonds is 3. The molecule has 0 aromatic carbocycles. The molecule has 1 aromatic rings. The second-order valence-corrected chi connectivity index (χ2v) is 7.42. The lowest BCUT2D eigenvalue weighted by molar-refractivity contribution is -0.167. The molecular formula is C16H25N3O3. The fourth-order valence-electron chi connectivity index (χ4n) is 4.00. The highest BCUT2D eigenvalue weighted by Gasteiger charge is 2.60. The Morgan fingerprint density at radius 1 is 1.59 bits per heavy atom. The molecule has 22 heavy (non-hydrogen) atoms. The Labute approximate surface area is 130 Å². The second kappa shape index (κ2) is 5.35. The van der Waals surface area contributed by atoms with Gasteiger partial charge in [0.05, 0.1) is 11.7 Å². The minimum absolute atomic E-state index is 0.0103. The average Bonchev–Trinajstić information content (AvgIpc) is 3.10. The predicted octanol–water partition coefficient (Wildman–Crippen LogP) is 1.64. The third kappa shape index (κ3) is 2.44. The molecule has 3 heterocycles. The molecule has 2 aliphatic rings. The number of ether oxygens (including phenoxy) is 1. The first kappa shape index (κ1) is 15.5. The van der Waals surface area contributed by atoms with Crippen molar-refractivity contribution in [3.8, 4) is 0 Å². The van der Waals surface area contributed by atoms with Crippen LogP contribution in [0.15, 0.2) is 12.3 Å². The van der Waals surface area contributed by atoms with Crippen molar-refractivity contribution < 1.29 is 14.6 Å². The highest BCUT2D eigenvalue weighted by atomic mass is 16.6. The van der Waals surface area contributed by atoms with Gasteiger partial charge in [-0.1, -0.05) is 0 Å². The minimum Gasteiger partial charge on any atom is -0.459 e. The van der Waals surface area contributed by atoms with E-state index in [1.165, 1.54) is 0 Å². The largest absolute Gasteiger partial charge is 0.459 e. The van der Waals surface area contributed by atoms with Gasteiger partial charge in [0.25, 0.3) is 0 Å². The van der Waals surface area contributed by atoms with Crippen LogP contribution in [0.5, 0.6) is 0 Å². The van der Waals surface area contributed by atoms with E-state index in [1.807, 2.05) is 26.8 Å². The fraction of sp³-hybridized carbons (Fsp3) is 0.750. The lowest BCUT2D eigenvalue weighted by Crippen LogP contribution is -2.49. The molecule has 2 N–H and O–H groups in total. The van der Waals surface area contributed by atoms with E-state index in [2.05, 4.69) is 15.1 Å². The summed E-state index contributed by atoms with van der Waals surface area (Å²) >= 11 is 0. The molecule has 0 amide bonds. The summed E-state index contributed by atoms with van der Waals surface area (Å²) in [6.45, 7) is 6.57. The Balaban J connectivity index is 1.93. The molecule has 0 bridgehead atoms. The van der Waals surface area contributed by atoms with Crippen molar-refractivity contribution in [3.05, 3.63) is 18.0 Å². The lowest BCUT2D eigenvalue weighted by Gasteiger charge is -2.34. The van der Waals surface area contributed by atoms with Crippen molar-refractivity contribution in [2.75, 3.05) is 13.2 Å². The zero-order chi connectivity index (χ0) is 16.0. The van der Waals surface area contributed by atoms with E-state index in [0.29, 0.717) is 6.42 Å². The van der Waals surface area contributed by atoms with Crippen molar-refractivity contribution in [2.45, 2.75) is 57.2 Å². The van der Waals surface area contributed by atoms with Crippen LogP contribution < -0.4 is 0 Å². The summed E-state index contributed by atoms with van der Waals surface area (Å²) in [7, 11) is 0. The number of aromatic amines is 1. The van der Waals surface area contributed by atoms with Crippen LogP contribution in [-0.2, 0) is 9.53 Å². The van der Waals surface area contributed by atoms with Gasteiger partial charge >= 0.3 is 5.97 Å². The highest BCUT2D eigenvalue weighted by Crippen LogP contribution is 2.52. The van der Waals surface area contributed by atoms with E-state index in [9.17, 15) is 9.90 Å². The number of hydrogen-bond acceptors (Lipinski definition) is 5. The van der Waals surface area contributed by atoms with E-state index in [-0.39, 0.29) is 24.5 Å². The number of aliphatic hydroxyl groups excluding tert-OH is 1. The summed E-state index contributed by atoms with van der Waals surface area (Å²) in [5, 5.41) is 16.9. The molecule has 6 nitrogen and oxygen atoms in total. The fourth-order valence-corrected chi connectivity index (χ4v) is 4.00. The number of aromatic nitrogens is 2. The van der Waals surface area contributed by atoms with Gasteiger partial charge in [-0.15, -0.1) is 0 Å². The standard InChI is InChI=1S/C16H25N3O3/c1-15(2,3)22-14(21)16-6-4-8-19(16)13(11(9-16)10-20)12-5-7-17-18-12/h5,7,11,13,20H,4,6,8-10H2,1-3H3,(H,17,18)/t11-,13-,16-/m1/s1. The van der Waals surface area contributed by atoms with Crippen LogP contribution in [0.3, 0.4) is 0 Å². The third-order valence-corrected chi connectivity index (χ3v) is 4.76. The Kier molecular flexibility index (Phi) is 3.77. The van der Waals surface area contributed by atoms with Gasteiger partial charge in [0.1, 0.15) is 11.1 Å². The number of H-pyrrole nitrogens is 1. The van der Waals surface area contributed by atoms with Crippen molar-refractivity contribution in [2.24, 2.45) is 5.92 Å². The summed E-state index contributed by atoms with van der Waals surface area (Å²) in [6.07, 6.45) is 4.18. The van der Waals surface area contributed by atoms with E-state index in [0.717, 1.165) is 25.1 Å². The molecule has 6 heteroatoms. The van der Waals surface area contributed by atoms with Gasteiger partial charge in [0.2, 0.25) is 0 Å². The van der Waals surface area contributed by atoms with Gasteiger partial charge in [0.15, 0.2) is 0 Å². The summed E-state index contributed by atoms with van der Waals surface area (Å²) < 4.78 is 5.69. The maximum absolute atomic E-state index is 12.9. The van der Waals surface area contributed by atoms with Gasteiger partial charge in [-0.3, -0.25) is 14.8 Å². The molecule has 0 aliphatic carbocycles. The van der Waals surface area contributed by atoms with Gasteiger partial charge < -0.3 is 9.84 Å². The molecule has 3 atom stereocenters. The number of fused-ring (bicyclic) bond motifs is 1. The van der Waals surface area contributed by atoms with Crippen LogP contribution in [0.25, 0.3) is 0 Å². The van der Waals surface area contributed by atoms with Gasteiger partial charge in [0, 0.05) is 25.3 Å². The van der Waals surface area contributed by atoms with Crippen molar-refractivity contribution in [3.63, 3.8) is 0 Å². The molecule has 2 fully saturated rings. The normalized spacial score (nSPS) is 32.2. The molecule has 3 rings (SSSR count). The Morgan fingerprint density at radius 2 is 2.36 bits per heavy atom. The van der Waals surface area contributed by atoms with Crippen LogP contribution in [0.2, 0.25) is 0 Å². The maximum Gasteiger partial charge on any atom is 0.327 e. The zero-order valence-corrected chi connectivity index (χ0v) is 13.5. The van der Waals surface area contributed by atoms with Crippen LogP contribution in [0.1, 0.15) is 51.8 Å². The maximum atomic E-state index is 12.9. The molecule has 122 valence electrons. The minimum atomic E-state index is -0.607. The predicted molar refractivity (Wildman–Crippen MR) is 81.0 cm³/mol. The quantitative estimate of drug-likeness (QED) is 0.830. The molecule has 0 spiro atoms. The van der Waals surface area contributed by atoms with E-state index in [4.69, 9.17) is 4.74 Å². The molecule has 2 aliphatic heterocycles. The smallest absolute Gasteiger partial charge is 0.327 e. The lowest BCUT2D eigenvalue weighted by atomic mass is 9.88. The number of nitrogens with zero attached hydrogens (tertiary/aromatic N) is 2. The SMILES string of the molecule is CC(C)(C)OC(=O)[C@]12CCCN1[C@@H](c1cc[nH]n1)[C@@H](CO)C2. The molecular weight excluding hydrogens is 282 g/mol. The number of esters is 1. The monoisotopic (exact) mass is 307 g/mol. The summed E-state index contributed by atoms with van der Waals surface area (Å²) in [6, 6.07) is 1.91. The van der Waals surface area contributed by atoms with Crippen LogP contribution in [0, 0.1) is 5.92 Å². The summed E-state index contributed by atoms with van der Waals surface area (Å²) in [4.78, 5) is 15.1. The Hall–Kier alpha value is -1.40. The van der Waals surface area contributed by atoms with E-state index >= 15 is 0 Å².